The fraction of sp³-hybridized carbons (Fsp3) is 0.188. The van der Waals surface area contributed by atoms with Gasteiger partial charge in [0.25, 0.3) is 5.91 Å². The number of para-hydroxylation sites is 1. The Kier molecular flexibility index (Phi) is 4.89. The molecule has 0 aliphatic rings. The zero-order valence-corrected chi connectivity index (χ0v) is 15.3. The summed E-state index contributed by atoms with van der Waals surface area (Å²) in [5.41, 5.74) is 0.682. The van der Waals surface area contributed by atoms with Crippen LogP contribution in [-0.4, -0.2) is 20.7 Å². The van der Waals surface area contributed by atoms with Crippen LogP contribution in [-0.2, 0) is 0 Å². The van der Waals surface area contributed by atoms with Gasteiger partial charge < -0.3 is 5.32 Å². The van der Waals surface area contributed by atoms with E-state index >= 15 is 0 Å². The van der Waals surface area contributed by atoms with E-state index in [9.17, 15) is 4.79 Å². The molecule has 0 aliphatic heterocycles. The third-order valence-corrected chi connectivity index (χ3v) is 5.15. The number of aryl methyl sites for hydroxylation is 1. The first-order chi connectivity index (χ1) is 11.5. The van der Waals surface area contributed by atoms with Gasteiger partial charge in [-0.3, -0.25) is 4.79 Å². The topological polar surface area (TPSA) is 59.8 Å². The van der Waals surface area contributed by atoms with Gasteiger partial charge in [0.2, 0.25) is 5.82 Å². The lowest BCUT2D eigenvalue weighted by Gasteiger charge is -2.10. The van der Waals surface area contributed by atoms with Crippen molar-refractivity contribution in [2.24, 2.45) is 0 Å². The number of carbonyl (C=O) groups is 1. The van der Waals surface area contributed by atoms with Gasteiger partial charge in [-0.2, -0.15) is 0 Å². The fourth-order valence-corrected chi connectivity index (χ4v) is 3.51. The van der Waals surface area contributed by atoms with Crippen LogP contribution in [0.5, 0.6) is 0 Å². The lowest BCUT2D eigenvalue weighted by atomic mass is 10.3. The van der Waals surface area contributed by atoms with Crippen LogP contribution in [0.15, 0.2) is 36.4 Å². The first kappa shape index (κ1) is 17.0. The van der Waals surface area contributed by atoms with Crippen molar-refractivity contribution in [3.63, 3.8) is 0 Å². The molecule has 5 nitrogen and oxygen atoms in total. The number of hydrogen-bond acceptors (Lipinski definition) is 4. The monoisotopic (exact) mass is 380 g/mol. The predicted molar refractivity (Wildman–Crippen MR) is 96.3 cm³/mol. The van der Waals surface area contributed by atoms with Crippen LogP contribution in [0.4, 0.5) is 0 Å². The zero-order valence-electron chi connectivity index (χ0n) is 13.0. The number of rotatable bonds is 4. The molecule has 0 saturated carbocycles. The summed E-state index contributed by atoms with van der Waals surface area (Å²) in [6.45, 7) is 3.66. The van der Waals surface area contributed by atoms with E-state index in [0.717, 1.165) is 4.88 Å². The molecule has 0 spiro atoms. The molecule has 0 aliphatic carbocycles. The minimum atomic E-state index is -0.346. The molecule has 124 valence electrons. The Balaban J connectivity index is 1.82. The Morgan fingerprint density at radius 2 is 2.00 bits per heavy atom. The van der Waals surface area contributed by atoms with Gasteiger partial charge in [0, 0.05) is 4.88 Å². The molecule has 3 rings (SSSR count). The van der Waals surface area contributed by atoms with E-state index in [2.05, 4.69) is 15.4 Å². The van der Waals surface area contributed by atoms with Crippen LogP contribution in [0.1, 0.15) is 34.3 Å². The van der Waals surface area contributed by atoms with Crippen LogP contribution < -0.4 is 5.32 Å². The van der Waals surface area contributed by atoms with E-state index in [4.69, 9.17) is 23.2 Å². The number of nitrogens with zero attached hydrogens (tertiary/aromatic N) is 3. The van der Waals surface area contributed by atoms with Crippen molar-refractivity contribution in [2.75, 3.05) is 0 Å². The average Bonchev–Trinajstić information content (AvgIpc) is 3.14. The van der Waals surface area contributed by atoms with Gasteiger partial charge in [-0.15, -0.1) is 16.4 Å². The summed E-state index contributed by atoms with van der Waals surface area (Å²) in [6.07, 6.45) is 0. The first-order valence-corrected chi connectivity index (χ1v) is 8.77. The molecule has 3 aromatic rings. The highest BCUT2D eigenvalue weighted by molar-refractivity contribution is 7.16. The van der Waals surface area contributed by atoms with Crippen molar-refractivity contribution in [3.05, 3.63) is 62.3 Å². The van der Waals surface area contributed by atoms with Crippen LogP contribution >= 0.6 is 34.5 Å². The Morgan fingerprint density at radius 1 is 1.25 bits per heavy atom. The molecule has 1 N–H and O–H groups in total. The van der Waals surface area contributed by atoms with Crippen LogP contribution in [0, 0.1) is 6.92 Å². The SMILES string of the molecule is Cc1nc(C(=O)NC(C)c2ccc(Cl)s2)nn1-c1ccccc1Cl. The van der Waals surface area contributed by atoms with Gasteiger partial charge in [-0.1, -0.05) is 35.3 Å². The first-order valence-electron chi connectivity index (χ1n) is 7.20. The third-order valence-electron chi connectivity index (χ3n) is 3.42. The molecule has 1 aromatic carbocycles. The van der Waals surface area contributed by atoms with Crippen LogP contribution in [0.2, 0.25) is 9.36 Å². The molecule has 1 unspecified atom stereocenters. The molecule has 24 heavy (non-hydrogen) atoms. The maximum absolute atomic E-state index is 12.4. The van der Waals surface area contributed by atoms with Crippen LogP contribution in [0.3, 0.4) is 0 Å². The normalized spacial score (nSPS) is 12.2. The highest BCUT2D eigenvalue weighted by atomic mass is 35.5. The predicted octanol–water partition coefficient (Wildman–Crippen LogP) is 4.44. The lowest BCUT2D eigenvalue weighted by molar-refractivity contribution is 0.0930. The highest BCUT2D eigenvalue weighted by Crippen LogP contribution is 2.27. The highest BCUT2D eigenvalue weighted by Gasteiger charge is 2.19. The van der Waals surface area contributed by atoms with Gasteiger partial charge in [0.05, 0.1) is 21.1 Å². The Hall–Kier alpha value is -1.89. The number of benzene rings is 1. The largest absolute Gasteiger partial charge is 0.342 e. The van der Waals surface area contributed by atoms with Crippen molar-refractivity contribution in [2.45, 2.75) is 19.9 Å². The average molecular weight is 381 g/mol. The molecule has 1 amide bonds. The minimum absolute atomic E-state index is 0.0990. The van der Waals surface area contributed by atoms with E-state index < -0.39 is 0 Å². The number of nitrogens with one attached hydrogen (secondary N) is 1. The van der Waals surface area contributed by atoms with Crippen molar-refractivity contribution < 1.29 is 4.79 Å². The number of aromatic nitrogens is 3. The summed E-state index contributed by atoms with van der Waals surface area (Å²) in [6, 6.07) is 10.8. The molecular formula is C16H14Cl2N4OS. The number of halogens is 2. The maximum atomic E-state index is 12.4. The molecule has 0 radical (unpaired) electrons. The van der Waals surface area contributed by atoms with E-state index in [1.807, 2.05) is 31.2 Å². The second kappa shape index (κ2) is 6.93. The summed E-state index contributed by atoms with van der Waals surface area (Å²) in [5, 5.41) is 7.69. The molecule has 8 heteroatoms. The third kappa shape index (κ3) is 3.45. The number of carbonyl (C=O) groups excluding carboxylic acids is 1. The number of hydrogen-bond donors (Lipinski definition) is 1. The van der Waals surface area contributed by atoms with E-state index in [1.165, 1.54) is 11.3 Å². The van der Waals surface area contributed by atoms with Crippen LogP contribution in [0.25, 0.3) is 5.69 Å². The number of thiophene rings is 1. The summed E-state index contributed by atoms with van der Waals surface area (Å²) >= 11 is 13.5. The molecular weight excluding hydrogens is 367 g/mol. The molecule has 2 aromatic heterocycles. The van der Waals surface area contributed by atoms with Crippen molar-refractivity contribution in [3.8, 4) is 5.69 Å². The van der Waals surface area contributed by atoms with Gasteiger partial charge in [-0.05, 0) is 38.1 Å². The van der Waals surface area contributed by atoms with E-state index in [-0.39, 0.29) is 17.8 Å². The van der Waals surface area contributed by atoms with Crippen molar-refractivity contribution in [1.29, 1.82) is 0 Å². The van der Waals surface area contributed by atoms with E-state index in [1.54, 1.807) is 23.7 Å². The van der Waals surface area contributed by atoms with Gasteiger partial charge in [-0.25, -0.2) is 9.67 Å². The lowest BCUT2D eigenvalue weighted by Crippen LogP contribution is -2.27. The summed E-state index contributed by atoms with van der Waals surface area (Å²) < 4.78 is 2.24. The molecule has 0 bridgehead atoms. The Labute approximate surface area is 153 Å². The Bertz CT molecular complexity index is 890. The Morgan fingerprint density at radius 3 is 2.67 bits per heavy atom. The summed E-state index contributed by atoms with van der Waals surface area (Å²) in [7, 11) is 0. The van der Waals surface area contributed by atoms with E-state index in [0.29, 0.717) is 20.9 Å². The second-order valence-corrected chi connectivity index (χ2v) is 7.34. The molecule has 0 fully saturated rings. The van der Waals surface area contributed by atoms with Crippen molar-refractivity contribution >= 4 is 40.4 Å². The maximum Gasteiger partial charge on any atom is 0.291 e. The van der Waals surface area contributed by atoms with Gasteiger partial charge in [0.1, 0.15) is 5.82 Å². The second-order valence-electron chi connectivity index (χ2n) is 5.18. The molecule has 1 atom stereocenters. The summed E-state index contributed by atoms with van der Waals surface area (Å²) in [5.74, 6) is 0.336. The van der Waals surface area contributed by atoms with Gasteiger partial charge >= 0.3 is 0 Å². The molecule has 0 saturated heterocycles. The van der Waals surface area contributed by atoms with Gasteiger partial charge in [0.15, 0.2) is 0 Å². The standard InChI is InChI=1S/C16H14Cl2N4OS/c1-9(13-7-8-14(18)24-13)19-16(23)15-20-10(2)22(21-15)12-6-4-3-5-11(12)17/h3-9H,1-2H3,(H,19,23). The molecule has 2 heterocycles. The number of amides is 1. The summed E-state index contributed by atoms with van der Waals surface area (Å²) in [4.78, 5) is 17.6. The zero-order chi connectivity index (χ0) is 17.3. The minimum Gasteiger partial charge on any atom is -0.342 e. The van der Waals surface area contributed by atoms with Crippen molar-refractivity contribution in [1.82, 2.24) is 20.1 Å². The smallest absolute Gasteiger partial charge is 0.291 e. The fourth-order valence-electron chi connectivity index (χ4n) is 2.23. The quantitative estimate of drug-likeness (QED) is 0.727.